The first kappa shape index (κ1) is 13.5. The molecule has 0 saturated carbocycles. The normalized spacial score (nSPS) is 20.6. The fourth-order valence-corrected chi connectivity index (χ4v) is 2.27. The Morgan fingerprint density at radius 2 is 2.11 bits per heavy atom. The van der Waals surface area contributed by atoms with Crippen molar-refractivity contribution in [2.45, 2.75) is 32.5 Å². The smallest absolute Gasteiger partial charge is 0.0826 e. The maximum atomic E-state index is 5.79. The van der Waals surface area contributed by atoms with Crippen molar-refractivity contribution >= 4 is 0 Å². The molecule has 0 aliphatic carbocycles. The molecular weight excluding hydrogens is 224 g/mol. The summed E-state index contributed by atoms with van der Waals surface area (Å²) in [6.07, 6.45) is 0.324. The van der Waals surface area contributed by atoms with Crippen LogP contribution in [0.4, 0.5) is 0 Å². The van der Waals surface area contributed by atoms with Crippen LogP contribution in [0.5, 0.6) is 0 Å². The van der Waals surface area contributed by atoms with Crippen LogP contribution in [0.2, 0.25) is 0 Å². The standard InChI is InChI=1S/C15H24N2O/c1-13(2)17(11-14-6-4-3-5-7-14)12-15-10-16-8-9-18-15/h3-7,13,15-16H,8-12H2,1-2H3. The monoisotopic (exact) mass is 248 g/mol. The molecule has 1 unspecified atom stereocenters. The van der Waals surface area contributed by atoms with Crippen molar-refractivity contribution < 1.29 is 4.74 Å². The minimum absolute atomic E-state index is 0.324. The fraction of sp³-hybridized carbons (Fsp3) is 0.600. The van der Waals surface area contributed by atoms with Crippen LogP contribution in [0, 0.1) is 0 Å². The molecule has 1 saturated heterocycles. The van der Waals surface area contributed by atoms with Gasteiger partial charge >= 0.3 is 0 Å². The van der Waals surface area contributed by atoms with Crippen LogP contribution in [-0.4, -0.2) is 43.3 Å². The molecule has 1 aliphatic rings. The summed E-state index contributed by atoms with van der Waals surface area (Å²) in [5, 5.41) is 3.39. The minimum atomic E-state index is 0.324. The predicted octanol–water partition coefficient (Wildman–Crippen LogP) is 1.89. The molecule has 1 fully saturated rings. The van der Waals surface area contributed by atoms with E-state index in [1.807, 2.05) is 0 Å². The number of ether oxygens (including phenoxy) is 1. The van der Waals surface area contributed by atoms with E-state index in [9.17, 15) is 0 Å². The zero-order chi connectivity index (χ0) is 12.8. The fourth-order valence-electron chi connectivity index (χ4n) is 2.27. The predicted molar refractivity (Wildman–Crippen MR) is 74.6 cm³/mol. The highest BCUT2D eigenvalue weighted by molar-refractivity contribution is 5.14. The Balaban J connectivity index is 1.91. The second-order valence-corrected chi connectivity index (χ2v) is 5.21. The van der Waals surface area contributed by atoms with Crippen LogP contribution in [0.25, 0.3) is 0 Å². The Labute approximate surface area is 110 Å². The van der Waals surface area contributed by atoms with Gasteiger partial charge in [-0.05, 0) is 19.4 Å². The van der Waals surface area contributed by atoms with Crippen molar-refractivity contribution in [3.05, 3.63) is 35.9 Å². The molecule has 18 heavy (non-hydrogen) atoms. The third kappa shape index (κ3) is 4.09. The molecule has 1 aliphatic heterocycles. The molecule has 2 rings (SSSR count). The Hall–Kier alpha value is -0.900. The van der Waals surface area contributed by atoms with E-state index in [1.54, 1.807) is 0 Å². The summed E-state index contributed by atoms with van der Waals surface area (Å²) in [6, 6.07) is 11.2. The van der Waals surface area contributed by atoms with E-state index in [4.69, 9.17) is 4.74 Å². The lowest BCUT2D eigenvalue weighted by molar-refractivity contribution is -0.00227. The van der Waals surface area contributed by atoms with Gasteiger partial charge in [0.1, 0.15) is 0 Å². The highest BCUT2D eigenvalue weighted by atomic mass is 16.5. The molecule has 0 spiro atoms. The molecular formula is C15H24N2O. The number of nitrogens with zero attached hydrogens (tertiary/aromatic N) is 1. The molecule has 1 atom stereocenters. The van der Waals surface area contributed by atoms with Crippen LogP contribution in [0.3, 0.4) is 0 Å². The maximum Gasteiger partial charge on any atom is 0.0826 e. The van der Waals surface area contributed by atoms with E-state index in [0.29, 0.717) is 12.1 Å². The highest BCUT2D eigenvalue weighted by Crippen LogP contribution is 2.10. The molecule has 3 heteroatoms. The molecule has 100 valence electrons. The van der Waals surface area contributed by atoms with Crippen molar-refractivity contribution in [3.63, 3.8) is 0 Å². The van der Waals surface area contributed by atoms with Gasteiger partial charge in [0.05, 0.1) is 12.7 Å². The van der Waals surface area contributed by atoms with Gasteiger partial charge in [-0.1, -0.05) is 30.3 Å². The van der Waals surface area contributed by atoms with Crippen LogP contribution in [0.1, 0.15) is 19.4 Å². The van der Waals surface area contributed by atoms with Gasteiger partial charge in [0.15, 0.2) is 0 Å². The van der Waals surface area contributed by atoms with Gasteiger partial charge in [0.2, 0.25) is 0 Å². The first-order valence-corrected chi connectivity index (χ1v) is 6.86. The number of hydrogen-bond acceptors (Lipinski definition) is 3. The van der Waals surface area contributed by atoms with Crippen molar-refractivity contribution in [2.24, 2.45) is 0 Å². The number of hydrogen-bond donors (Lipinski definition) is 1. The maximum absolute atomic E-state index is 5.79. The summed E-state index contributed by atoms with van der Waals surface area (Å²) < 4.78 is 5.79. The van der Waals surface area contributed by atoms with Crippen LogP contribution < -0.4 is 5.32 Å². The van der Waals surface area contributed by atoms with Gasteiger partial charge in [0.25, 0.3) is 0 Å². The summed E-state index contributed by atoms with van der Waals surface area (Å²) in [6.45, 7) is 9.28. The Morgan fingerprint density at radius 1 is 1.33 bits per heavy atom. The second-order valence-electron chi connectivity index (χ2n) is 5.21. The zero-order valence-corrected chi connectivity index (χ0v) is 11.4. The van der Waals surface area contributed by atoms with Crippen molar-refractivity contribution in [2.75, 3.05) is 26.2 Å². The lowest BCUT2D eigenvalue weighted by Crippen LogP contribution is -2.46. The minimum Gasteiger partial charge on any atom is -0.374 e. The van der Waals surface area contributed by atoms with Gasteiger partial charge in [-0.2, -0.15) is 0 Å². The van der Waals surface area contributed by atoms with E-state index < -0.39 is 0 Å². The van der Waals surface area contributed by atoms with Crippen LogP contribution >= 0.6 is 0 Å². The summed E-state index contributed by atoms with van der Waals surface area (Å²) in [4.78, 5) is 2.48. The SMILES string of the molecule is CC(C)N(Cc1ccccc1)CC1CNCCO1. The van der Waals surface area contributed by atoms with Gasteiger partial charge in [-0.15, -0.1) is 0 Å². The third-order valence-corrected chi connectivity index (χ3v) is 3.40. The Kier molecular flexibility index (Phi) is 5.17. The average Bonchev–Trinajstić information content (AvgIpc) is 2.40. The zero-order valence-electron chi connectivity index (χ0n) is 11.4. The van der Waals surface area contributed by atoms with Crippen molar-refractivity contribution in [1.29, 1.82) is 0 Å². The van der Waals surface area contributed by atoms with E-state index >= 15 is 0 Å². The number of morpholine rings is 1. The molecule has 1 aromatic carbocycles. The van der Waals surface area contributed by atoms with E-state index in [2.05, 4.69) is 54.4 Å². The summed E-state index contributed by atoms with van der Waals surface area (Å²) in [7, 11) is 0. The molecule has 0 aromatic heterocycles. The number of benzene rings is 1. The molecule has 1 aromatic rings. The molecule has 1 heterocycles. The topological polar surface area (TPSA) is 24.5 Å². The third-order valence-electron chi connectivity index (χ3n) is 3.40. The second kappa shape index (κ2) is 6.88. The number of rotatable bonds is 5. The Morgan fingerprint density at radius 3 is 2.72 bits per heavy atom. The summed E-state index contributed by atoms with van der Waals surface area (Å²) in [5.74, 6) is 0. The first-order valence-electron chi connectivity index (χ1n) is 6.86. The van der Waals surface area contributed by atoms with Gasteiger partial charge in [-0.25, -0.2) is 0 Å². The van der Waals surface area contributed by atoms with Crippen molar-refractivity contribution in [3.8, 4) is 0 Å². The lowest BCUT2D eigenvalue weighted by atomic mass is 10.1. The summed E-state index contributed by atoms with van der Waals surface area (Å²) in [5.41, 5.74) is 1.37. The summed E-state index contributed by atoms with van der Waals surface area (Å²) >= 11 is 0. The van der Waals surface area contributed by atoms with E-state index in [0.717, 1.165) is 32.8 Å². The van der Waals surface area contributed by atoms with Crippen molar-refractivity contribution in [1.82, 2.24) is 10.2 Å². The number of nitrogens with one attached hydrogen (secondary N) is 1. The largest absolute Gasteiger partial charge is 0.374 e. The van der Waals surface area contributed by atoms with E-state index in [1.165, 1.54) is 5.56 Å². The average molecular weight is 248 g/mol. The van der Waals surface area contributed by atoms with Gasteiger partial charge in [-0.3, -0.25) is 4.90 Å². The van der Waals surface area contributed by atoms with E-state index in [-0.39, 0.29) is 0 Å². The quantitative estimate of drug-likeness (QED) is 0.861. The molecule has 3 nitrogen and oxygen atoms in total. The highest BCUT2D eigenvalue weighted by Gasteiger charge is 2.19. The van der Waals surface area contributed by atoms with Gasteiger partial charge in [0, 0.05) is 32.2 Å². The van der Waals surface area contributed by atoms with Crippen LogP contribution in [0.15, 0.2) is 30.3 Å². The molecule has 1 N–H and O–H groups in total. The van der Waals surface area contributed by atoms with Crippen LogP contribution in [-0.2, 0) is 11.3 Å². The molecule has 0 amide bonds. The first-order chi connectivity index (χ1) is 8.75. The molecule has 0 radical (unpaired) electrons. The molecule has 0 bridgehead atoms. The van der Waals surface area contributed by atoms with Gasteiger partial charge < -0.3 is 10.1 Å². The Bertz CT molecular complexity index is 334. The lowest BCUT2D eigenvalue weighted by Gasteiger charge is -2.32.